The van der Waals surface area contributed by atoms with Gasteiger partial charge in [-0.3, -0.25) is 9.89 Å². The number of rotatable bonds is 5. The highest BCUT2D eigenvalue weighted by Gasteiger charge is 2.37. The van der Waals surface area contributed by atoms with Gasteiger partial charge in [0.15, 0.2) is 14.0 Å². The Balaban J connectivity index is 1.80. The van der Waals surface area contributed by atoms with Crippen LogP contribution in [0.2, 0.25) is 18.1 Å². The Morgan fingerprint density at radius 2 is 2.07 bits per heavy atom. The fraction of sp³-hybridized carbons (Fsp3) is 0.350. The van der Waals surface area contributed by atoms with Crippen molar-refractivity contribution < 1.29 is 9.22 Å². The molecular formula is C20H26BrN5O2Si. The average Bonchev–Trinajstić information content (AvgIpc) is 3.04. The first-order valence-corrected chi connectivity index (χ1v) is 13.0. The Kier molecular flexibility index (Phi) is 5.84. The number of para-hydroxylation sites is 1. The molecule has 0 aliphatic heterocycles. The Morgan fingerprint density at radius 1 is 1.34 bits per heavy atom. The third-order valence-electron chi connectivity index (χ3n) is 5.44. The van der Waals surface area contributed by atoms with E-state index in [0.29, 0.717) is 34.7 Å². The fourth-order valence-corrected chi connectivity index (χ4v) is 3.84. The quantitative estimate of drug-likeness (QED) is 0.352. The molecule has 2 heterocycles. The minimum absolute atomic E-state index is 0.109. The van der Waals surface area contributed by atoms with Crippen LogP contribution in [-0.4, -0.2) is 29.4 Å². The van der Waals surface area contributed by atoms with E-state index in [1.54, 1.807) is 18.3 Å². The number of carbonyl (C=O) groups excluding carboxylic acids is 1. The summed E-state index contributed by atoms with van der Waals surface area (Å²) in [7, 11) is -1.91. The van der Waals surface area contributed by atoms with Crippen molar-refractivity contribution in [3.8, 4) is 0 Å². The normalized spacial score (nSPS) is 12.3. The van der Waals surface area contributed by atoms with Crippen molar-refractivity contribution in [2.75, 3.05) is 11.1 Å². The zero-order valence-electron chi connectivity index (χ0n) is 17.3. The van der Waals surface area contributed by atoms with Crippen molar-refractivity contribution in [3.05, 3.63) is 46.2 Å². The van der Waals surface area contributed by atoms with Crippen molar-refractivity contribution >= 4 is 52.6 Å². The van der Waals surface area contributed by atoms with E-state index in [1.165, 1.54) is 0 Å². The van der Waals surface area contributed by atoms with E-state index in [9.17, 15) is 4.79 Å². The largest absolute Gasteiger partial charge is 0.412 e. The summed E-state index contributed by atoms with van der Waals surface area (Å²) in [6.45, 7) is 11.4. The third-order valence-corrected chi connectivity index (χ3v) is 10.4. The van der Waals surface area contributed by atoms with Crippen molar-refractivity contribution in [2.24, 2.45) is 0 Å². The van der Waals surface area contributed by atoms with Crippen LogP contribution in [-0.2, 0) is 11.0 Å². The summed E-state index contributed by atoms with van der Waals surface area (Å²) in [5.74, 6) is -0.332. The summed E-state index contributed by atoms with van der Waals surface area (Å²) in [6.07, 6.45) is 1.63. The third kappa shape index (κ3) is 4.52. The van der Waals surface area contributed by atoms with Gasteiger partial charge >= 0.3 is 0 Å². The van der Waals surface area contributed by atoms with E-state index in [2.05, 4.69) is 70.3 Å². The molecule has 1 aromatic carbocycles. The van der Waals surface area contributed by atoms with Gasteiger partial charge in [-0.05, 0) is 46.2 Å². The number of nitrogen functional groups attached to an aromatic ring is 1. The first-order valence-electron chi connectivity index (χ1n) is 9.32. The van der Waals surface area contributed by atoms with Crippen LogP contribution in [0.5, 0.6) is 0 Å². The molecule has 0 radical (unpaired) electrons. The molecule has 0 saturated carbocycles. The number of nitrogens with one attached hydrogen (secondary N) is 2. The number of benzene rings is 1. The molecule has 9 heteroatoms. The molecule has 3 aromatic rings. The van der Waals surface area contributed by atoms with E-state index in [-0.39, 0.29) is 10.9 Å². The zero-order chi connectivity index (χ0) is 21.4. The van der Waals surface area contributed by atoms with Gasteiger partial charge in [0.1, 0.15) is 5.69 Å². The van der Waals surface area contributed by atoms with Crippen LogP contribution in [0, 0.1) is 0 Å². The number of hydrogen-bond donors (Lipinski definition) is 3. The van der Waals surface area contributed by atoms with E-state index < -0.39 is 8.32 Å². The zero-order valence-corrected chi connectivity index (χ0v) is 19.8. The first kappa shape index (κ1) is 21.5. The van der Waals surface area contributed by atoms with Gasteiger partial charge < -0.3 is 15.5 Å². The van der Waals surface area contributed by atoms with Gasteiger partial charge in [0, 0.05) is 16.2 Å². The first-order chi connectivity index (χ1) is 13.5. The molecule has 1 amide bonds. The molecule has 0 atom stereocenters. The minimum atomic E-state index is -1.91. The van der Waals surface area contributed by atoms with Crippen molar-refractivity contribution in [1.82, 2.24) is 15.2 Å². The number of aromatic nitrogens is 3. The predicted molar refractivity (Wildman–Crippen MR) is 122 cm³/mol. The lowest BCUT2D eigenvalue weighted by Crippen LogP contribution is -2.40. The predicted octanol–water partition coefficient (Wildman–Crippen LogP) is 5.08. The summed E-state index contributed by atoms with van der Waals surface area (Å²) >= 11 is 3.37. The van der Waals surface area contributed by atoms with Crippen molar-refractivity contribution in [3.63, 3.8) is 0 Å². The van der Waals surface area contributed by atoms with Crippen molar-refractivity contribution in [2.45, 2.75) is 45.5 Å². The number of nitrogens with two attached hydrogens (primary N) is 1. The van der Waals surface area contributed by atoms with Gasteiger partial charge in [-0.1, -0.05) is 32.9 Å². The maximum atomic E-state index is 12.8. The number of fused-ring (bicyclic) bond motifs is 1. The van der Waals surface area contributed by atoms with Gasteiger partial charge in [-0.25, -0.2) is 4.98 Å². The molecule has 29 heavy (non-hydrogen) atoms. The van der Waals surface area contributed by atoms with Crippen LogP contribution in [0.4, 0.5) is 11.4 Å². The summed E-state index contributed by atoms with van der Waals surface area (Å²) in [4.78, 5) is 17.0. The Bertz CT molecular complexity index is 1060. The topological polar surface area (TPSA) is 106 Å². The average molecular weight is 476 g/mol. The Morgan fingerprint density at radius 3 is 2.76 bits per heavy atom. The molecule has 0 aliphatic rings. The van der Waals surface area contributed by atoms with Gasteiger partial charge in [-0.2, -0.15) is 5.10 Å². The summed E-state index contributed by atoms with van der Waals surface area (Å²) in [5, 5.41) is 10.4. The number of amides is 1. The second-order valence-corrected chi connectivity index (χ2v) is 14.2. The maximum Gasteiger partial charge on any atom is 0.274 e. The molecule has 0 saturated heterocycles. The molecule has 2 aromatic heterocycles. The highest BCUT2D eigenvalue weighted by atomic mass is 79.9. The minimum Gasteiger partial charge on any atom is -0.412 e. The lowest BCUT2D eigenvalue weighted by molar-refractivity contribution is 0.102. The van der Waals surface area contributed by atoms with Crippen LogP contribution < -0.4 is 11.1 Å². The second kappa shape index (κ2) is 7.89. The number of pyridine rings is 1. The molecule has 0 spiro atoms. The summed E-state index contributed by atoms with van der Waals surface area (Å²) in [6, 6.07) is 7.35. The SMILES string of the molecule is CC(C)(C)[Si](C)(C)OCc1cccc(NC(=O)c2[nH]nc3ncc(Br)cc23)c1N. The Hall–Kier alpha value is -2.23. The molecule has 7 nitrogen and oxygen atoms in total. The maximum absolute atomic E-state index is 12.8. The molecule has 0 bridgehead atoms. The smallest absolute Gasteiger partial charge is 0.274 e. The highest BCUT2D eigenvalue weighted by molar-refractivity contribution is 9.10. The number of H-pyrrole nitrogens is 1. The lowest BCUT2D eigenvalue weighted by Gasteiger charge is -2.36. The van der Waals surface area contributed by atoms with Gasteiger partial charge in [0.2, 0.25) is 0 Å². The van der Waals surface area contributed by atoms with Gasteiger partial charge in [-0.15, -0.1) is 0 Å². The number of carbonyl (C=O) groups is 1. The van der Waals surface area contributed by atoms with Gasteiger partial charge in [0.25, 0.3) is 5.91 Å². The number of halogens is 1. The standard InChI is InChI=1S/C20H26BrN5O2Si/c1-20(2,3)29(4,5)28-11-12-7-6-8-15(16(12)22)24-19(27)17-14-9-13(21)10-23-18(14)26-25-17/h6-10H,11,22H2,1-5H3,(H,24,27)(H,23,25,26). The van der Waals surface area contributed by atoms with Crippen LogP contribution in [0.1, 0.15) is 36.8 Å². The highest BCUT2D eigenvalue weighted by Crippen LogP contribution is 2.37. The van der Waals surface area contributed by atoms with Crippen LogP contribution in [0.25, 0.3) is 11.0 Å². The molecular weight excluding hydrogens is 450 g/mol. The Labute approximate surface area is 179 Å². The van der Waals surface area contributed by atoms with E-state index in [1.807, 2.05) is 12.1 Å². The molecule has 3 rings (SSSR count). The van der Waals surface area contributed by atoms with Crippen LogP contribution in [0.3, 0.4) is 0 Å². The van der Waals surface area contributed by atoms with Gasteiger partial charge in [0.05, 0.1) is 23.4 Å². The molecule has 4 N–H and O–H groups in total. The fourth-order valence-electron chi connectivity index (χ4n) is 2.55. The molecule has 0 aliphatic carbocycles. The van der Waals surface area contributed by atoms with Crippen molar-refractivity contribution in [1.29, 1.82) is 0 Å². The number of hydrogen-bond acceptors (Lipinski definition) is 5. The summed E-state index contributed by atoms with van der Waals surface area (Å²) < 4.78 is 7.05. The van der Waals surface area contributed by atoms with Crippen LogP contribution in [0.15, 0.2) is 34.9 Å². The molecule has 0 unspecified atom stereocenters. The summed E-state index contributed by atoms with van der Waals surface area (Å²) in [5.41, 5.74) is 9.03. The van der Waals surface area contributed by atoms with E-state index in [4.69, 9.17) is 10.2 Å². The van der Waals surface area contributed by atoms with E-state index in [0.717, 1.165) is 10.0 Å². The second-order valence-electron chi connectivity index (χ2n) is 8.50. The number of nitrogens with zero attached hydrogens (tertiary/aromatic N) is 2. The van der Waals surface area contributed by atoms with E-state index >= 15 is 0 Å². The lowest BCUT2D eigenvalue weighted by atomic mass is 10.1. The number of aromatic amines is 1. The number of anilines is 2. The molecule has 0 fully saturated rings. The van der Waals surface area contributed by atoms with Crippen LogP contribution >= 0.6 is 15.9 Å². The monoisotopic (exact) mass is 475 g/mol. The molecule has 154 valence electrons.